The van der Waals surface area contributed by atoms with Crippen molar-refractivity contribution in [3.8, 4) is 0 Å². The predicted molar refractivity (Wildman–Crippen MR) is 55.3 cm³/mol. The molecule has 0 heterocycles. The Hall–Kier alpha value is -1.10. The second kappa shape index (κ2) is 7.23. The van der Waals surface area contributed by atoms with Crippen LogP contribution in [0.1, 0.15) is 33.1 Å². The molecule has 2 unspecified atom stereocenters. The molecule has 88 valence electrons. The number of rotatable bonds is 7. The second-order valence-electron chi connectivity index (χ2n) is 3.77. The zero-order chi connectivity index (χ0) is 11.8. The quantitative estimate of drug-likeness (QED) is 0.575. The van der Waals surface area contributed by atoms with E-state index in [2.05, 4.69) is 5.32 Å². The Balaban J connectivity index is 3.69. The Morgan fingerprint density at radius 3 is 2.40 bits per heavy atom. The highest BCUT2D eigenvalue weighted by Crippen LogP contribution is 2.06. The summed E-state index contributed by atoms with van der Waals surface area (Å²) < 4.78 is 0. The molecule has 0 radical (unpaired) electrons. The van der Waals surface area contributed by atoms with Crippen LogP contribution in [0.2, 0.25) is 0 Å². The molecule has 0 aliphatic heterocycles. The summed E-state index contributed by atoms with van der Waals surface area (Å²) in [6, 6.07) is 0. The molecular weight excluding hydrogens is 198 g/mol. The normalized spacial score (nSPS) is 14.3. The summed E-state index contributed by atoms with van der Waals surface area (Å²) in [6.45, 7) is 3.77. The molecule has 0 saturated carbocycles. The van der Waals surface area contributed by atoms with E-state index in [1.54, 1.807) is 6.92 Å². The van der Waals surface area contributed by atoms with Gasteiger partial charge in [-0.05, 0) is 12.3 Å². The largest absolute Gasteiger partial charge is 0.481 e. The fourth-order valence-electron chi connectivity index (χ4n) is 1.13. The lowest BCUT2D eigenvalue weighted by atomic mass is 10.0. The monoisotopic (exact) mass is 217 g/mol. The molecule has 0 spiro atoms. The van der Waals surface area contributed by atoms with Gasteiger partial charge in [0.25, 0.3) is 0 Å². The molecular formula is C10H19NO4. The first-order valence-electron chi connectivity index (χ1n) is 5.12. The Morgan fingerprint density at radius 2 is 1.93 bits per heavy atom. The van der Waals surface area contributed by atoms with Gasteiger partial charge in [0.05, 0.1) is 6.10 Å². The Bertz CT molecular complexity index is 217. The van der Waals surface area contributed by atoms with Crippen LogP contribution in [0.3, 0.4) is 0 Å². The predicted octanol–water partition coefficient (Wildman–Crippen LogP) is 0.374. The summed E-state index contributed by atoms with van der Waals surface area (Å²) >= 11 is 0. The maximum atomic E-state index is 11.2. The zero-order valence-corrected chi connectivity index (χ0v) is 9.19. The number of aliphatic carboxylic acids is 1. The van der Waals surface area contributed by atoms with Gasteiger partial charge in [-0.1, -0.05) is 13.8 Å². The van der Waals surface area contributed by atoms with Crippen molar-refractivity contribution in [2.75, 3.05) is 6.54 Å². The van der Waals surface area contributed by atoms with Crippen LogP contribution in [-0.2, 0) is 9.59 Å². The molecule has 0 saturated heterocycles. The van der Waals surface area contributed by atoms with Gasteiger partial charge in [0.1, 0.15) is 0 Å². The van der Waals surface area contributed by atoms with Gasteiger partial charge in [0.2, 0.25) is 5.91 Å². The first-order valence-corrected chi connectivity index (χ1v) is 5.12. The van der Waals surface area contributed by atoms with Gasteiger partial charge in [0.15, 0.2) is 0 Å². The number of carboxylic acid groups (broad SMARTS) is 1. The van der Waals surface area contributed by atoms with Crippen molar-refractivity contribution in [3.05, 3.63) is 0 Å². The van der Waals surface area contributed by atoms with Crippen LogP contribution >= 0.6 is 0 Å². The van der Waals surface area contributed by atoms with Crippen LogP contribution in [0.5, 0.6) is 0 Å². The molecule has 3 N–H and O–H groups in total. The van der Waals surface area contributed by atoms with Crippen LogP contribution in [-0.4, -0.2) is 34.7 Å². The first kappa shape index (κ1) is 13.9. The van der Waals surface area contributed by atoms with Crippen molar-refractivity contribution in [2.45, 2.75) is 39.2 Å². The topological polar surface area (TPSA) is 86.6 Å². The SMILES string of the molecule is CCC(O)CNC(=O)CC(C)CC(=O)O. The molecule has 0 bridgehead atoms. The highest BCUT2D eigenvalue weighted by atomic mass is 16.4. The molecule has 0 aromatic heterocycles. The average molecular weight is 217 g/mol. The van der Waals surface area contributed by atoms with Crippen molar-refractivity contribution in [2.24, 2.45) is 5.92 Å². The van der Waals surface area contributed by atoms with Crippen molar-refractivity contribution in [1.29, 1.82) is 0 Å². The van der Waals surface area contributed by atoms with Crippen LogP contribution in [0, 0.1) is 5.92 Å². The molecule has 0 aliphatic rings. The number of carbonyl (C=O) groups is 2. The Kier molecular flexibility index (Phi) is 6.70. The fraction of sp³-hybridized carbons (Fsp3) is 0.800. The summed E-state index contributed by atoms with van der Waals surface area (Å²) in [6.07, 6.45) is 0.237. The number of aliphatic hydroxyl groups excluding tert-OH is 1. The van der Waals surface area contributed by atoms with Crippen molar-refractivity contribution in [1.82, 2.24) is 5.32 Å². The molecule has 2 atom stereocenters. The summed E-state index contributed by atoms with van der Waals surface area (Å²) in [5, 5.41) is 20.2. The number of hydrogen-bond acceptors (Lipinski definition) is 3. The average Bonchev–Trinajstić information content (AvgIpc) is 2.12. The smallest absolute Gasteiger partial charge is 0.303 e. The van der Waals surface area contributed by atoms with Crippen molar-refractivity contribution in [3.63, 3.8) is 0 Å². The molecule has 0 aromatic carbocycles. The van der Waals surface area contributed by atoms with Crippen LogP contribution in [0.4, 0.5) is 0 Å². The molecule has 1 amide bonds. The lowest BCUT2D eigenvalue weighted by Crippen LogP contribution is -2.32. The van der Waals surface area contributed by atoms with Gasteiger partial charge >= 0.3 is 5.97 Å². The molecule has 0 rings (SSSR count). The third-order valence-corrected chi connectivity index (χ3v) is 2.06. The number of nitrogens with one attached hydrogen (secondary N) is 1. The van der Waals surface area contributed by atoms with E-state index in [4.69, 9.17) is 5.11 Å². The van der Waals surface area contributed by atoms with E-state index in [1.807, 2.05) is 6.92 Å². The number of carboxylic acids is 1. The number of amides is 1. The molecule has 5 heteroatoms. The highest BCUT2D eigenvalue weighted by Gasteiger charge is 2.12. The Labute approximate surface area is 89.5 Å². The van der Waals surface area contributed by atoms with Gasteiger partial charge in [-0.2, -0.15) is 0 Å². The number of carbonyl (C=O) groups excluding carboxylic acids is 1. The minimum absolute atomic E-state index is 0.0102. The highest BCUT2D eigenvalue weighted by molar-refractivity contribution is 5.77. The van der Waals surface area contributed by atoms with Crippen molar-refractivity contribution >= 4 is 11.9 Å². The minimum Gasteiger partial charge on any atom is -0.481 e. The maximum Gasteiger partial charge on any atom is 0.303 e. The number of aliphatic hydroxyl groups is 1. The van der Waals surface area contributed by atoms with Gasteiger partial charge in [-0.15, -0.1) is 0 Å². The molecule has 0 aliphatic carbocycles. The summed E-state index contributed by atoms with van der Waals surface area (Å²) in [4.78, 5) is 21.6. The summed E-state index contributed by atoms with van der Waals surface area (Å²) in [7, 11) is 0. The third kappa shape index (κ3) is 7.93. The summed E-state index contributed by atoms with van der Waals surface area (Å²) in [5.41, 5.74) is 0. The zero-order valence-electron chi connectivity index (χ0n) is 9.19. The van der Waals surface area contributed by atoms with Gasteiger partial charge in [-0.3, -0.25) is 9.59 Å². The molecule has 5 nitrogen and oxygen atoms in total. The number of hydrogen-bond donors (Lipinski definition) is 3. The van der Waals surface area contributed by atoms with E-state index in [9.17, 15) is 14.7 Å². The maximum absolute atomic E-state index is 11.2. The third-order valence-electron chi connectivity index (χ3n) is 2.06. The van der Waals surface area contributed by atoms with Crippen LogP contribution in [0.15, 0.2) is 0 Å². The van der Waals surface area contributed by atoms with Gasteiger partial charge < -0.3 is 15.5 Å². The second-order valence-corrected chi connectivity index (χ2v) is 3.77. The van der Waals surface area contributed by atoms with E-state index >= 15 is 0 Å². The van der Waals surface area contributed by atoms with E-state index in [0.717, 1.165) is 0 Å². The first-order chi connectivity index (χ1) is 6.95. The van der Waals surface area contributed by atoms with Gasteiger partial charge in [0, 0.05) is 19.4 Å². The Morgan fingerprint density at radius 1 is 1.33 bits per heavy atom. The van der Waals surface area contributed by atoms with E-state index < -0.39 is 12.1 Å². The van der Waals surface area contributed by atoms with E-state index in [-0.39, 0.29) is 31.2 Å². The minimum atomic E-state index is -0.899. The lowest BCUT2D eigenvalue weighted by Gasteiger charge is -2.11. The van der Waals surface area contributed by atoms with Crippen molar-refractivity contribution < 1.29 is 19.8 Å². The molecule has 0 fully saturated rings. The fourth-order valence-corrected chi connectivity index (χ4v) is 1.13. The standard InChI is InChI=1S/C10H19NO4/c1-3-8(12)6-11-9(13)4-7(2)5-10(14)15/h7-8,12H,3-6H2,1-2H3,(H,11,13)(H,14,15). The van der Waals surface area contributed by atoms with Crippen LogP contribution in [0.25, 0.3) is 0 Å². The summed E-state index contributed by atoms with van der Waals surface area (Å²) in [5.74, 6) is -1.29. The lowest BCUT2D eigenvalue weighted by molar-refractivity contribution is -0.138. The van der Waals surface area contributed by atoms with E-state index in [0.29, 0.717) is 6.42 Å². The van der Waals surface area contributed by atoms with Crippen LogP contribution < -0.4 is 5.32 Å². The molecule has 0 aromatic rings. The molecule has 15 heavy (non-hydrogen) atoms. The van der Waals surface area contributed by atoms with E-state index in [1.165, 1.54) is 0 Å². The van der Waals surface area contributed by atoms with Gasteiger partial charge in [-0.25, -0.2) is 0 Å².